The maximum Gasteiger partial charge on any atom is 0.306 e. The lowest BCUT2D eigenvalue weighted by Gasteiger charge is -2.18. The Hall–Kier alpha value is -1.59. The molecule has 0 aliphatic rings. The molecule has 0 saturated heterocycles. The predicted octanol–water partition coefficient (Wildman–Crippen LogP) is 11.6. The molecule has 1 atom stereocenters. The number of hydrogen-bond donors (Lipinski definition) is 0. The average molecular weight is 639 g/mol. The molecule has 6 nitrogen and oxygen atoms in total. The number of unbranched alkanes of at least 4 members (excludes halogenated alkanes) is 21. The Morgan fingerprint density at radius 2 is 0.733 bits per heavy atom. The number of hydrogen-bond acceptors (Lipinski definition) is 6. The van der Waals surface area contributed by atoms with Crippen molar-refractivity contribution in [1.82, 2.24) is 0 Å². The fourth-order valence-electron chi connectivity index (χ4n) is 5.57. The predicted molar refractivity (Wildman–Crippen MR) is 187 cm³/mol. The SMILES string of the molecule is CCCCCCCCCCCCCCC(=O)OC[C@H](COC(=O)CCCCCCC)OC(=O)CCCCCCCCCC(C)C. The van der Waals surface area contributed by atoms with Crippen molar-refractivity contribution >= 4 is 17.9 Å². The summed E-state index contributed by atoms with van der Waals surface area (Å²) < 4.78 is 16.5. The fourth-order valence-corrected chi connectivity index (χ4v) is 5.57. The minimum absolute atomic E-state index is 0.0665. The third kappa shape index (κ3) is 33.6. The van der Waals surface area contributed by atoms with E-state index in [1.165, 1.54) is 96.3 Å². The molecular weight excluding hydrogens is 564 g/mol. The first-order valence-electron chi connectivity index (χ1n) is 19.4. The topological polar surface area (TPSA) is 78.9 Å². The molecule has 0 spiro atoms. The van der Waals surface area contributed by atoms with Gasteiger partial charge in [0, 0.05) is 19.3 Å². The number of esters is 3. The van der Waals surface area contributed by atoms with E-state index in [2.05, 4.69) is 27.7 Å². The highest BCUT2D eigenvalue weighted by Crippen LogP contribution is 2.15. The van der Waals surface area contributed by atoms with Crippen LogP contribution in [0.15, 0.2) is 0 Å². The summed E-state index contributed by atoms with van der Waals surface area (Å²) in [4.78, 5) is 37.2. The summed E-state index contributed by atoms with van der Waals surface area (Å²) in [6, 6.07) is 0. The van der Waals surface area contributed by atoms with E-state index in [1.54, 1.807) is 0 Å². The third-order valence-corrected chi connectivity index (χ3v) is 8.54. The van der Waals surface area contributed by atoms with Crippen LogP contribution in [0.25, 0.3) is 0 Å². The second kappa shape index (κ2) is 33.8. The molecule has 0 rings (SSSR count). The first kappa shape index (κ1) is 43.4. The summed E-state index contributed by atoms with van der Waals surface area (Å²) >= 11 is 0. The molecule has 0 saturated carbocycles. The molecule has 0 aliphatic heterocycles. The van der Waals surface area contributed by atoms with Gasteiger partial charge in [0.1, 0.15) is 13.2 Å². The molecule has 0 aliphatic carbocycles. The maximum absolute atomic E-state index is 12.5. The van der Waals surface area contributed by atoms with E-state index in [4.69, 9.17) is 14.2 Å². The molecule has 0 amide bonds. The molecule has 266 valence electrons. The van der Waals surface area contributed by atoms with E-state index in [9.17, 15) is 14.4 Å². The van der Waals surface area contributed by atoms with Gasteiger partial charge in [0.05, 0.1) is 0 Å². The summed E-state index contributed by atoms with van der Waals surface area (Å²) in [7, 11) is 0. The first-order valence-corrected chi connectivity index (χ1v) is 19.4. The van der Waals surface area contributed by atoms with Gasteiger partial charge in [0.25, 0.3) is 0 Å². The van der Waals surface area contributed by atoms with Gasteiger partial charge in [0.2, 0.25) is 0 Å². The minimum Gasteiger partial charge on any atom is -0.462 e. The molecule has 0 fully saturated rings. The smallest absolute Gasteiger partial charge is 0.306 e. The summed E-state index contributed by atoms with van der Waals surface area (Å²) in [5, 5.41) is 0. The molecule has 0 aromatic heterocycles. The van der Waals surface area contributed by atoms with Crippen LogP contribution >= 0.6 is 0 Å². The van der Waals surface area contributed by atoms with Crippen molar-refractivity contribution in [1.29, 1.82) is 0 Å². The van der Waals surface area contributed by atoms with Crippen molar-refractivity contribution in [3.8, 4) is 0 Å². The van der Waals surface area contributed by atoms with Crippen LogP contribution in [0.2, 0.25) is 0 Å². The van der Waals surface area contributed by atoms with Gasteiger partial charge in [-0.2, -0.15) is 0 Å². The molecular formula is C39H74O6. The van der Waals surface area contributed by atoms with Crippen LogP contribution in [0, 0.1) is 5.92 Å². The van der Waals surface area contributed by atoms with Crippen LogP contribution in [-0.4, -0.2) is 37.2 Å². The maximum atomic E-state index is 12.5. The van der Waals surface area contributed by atoms with E-state index >= 15 is 0 Å². The van der Waals surface area contributed by atoms with Gasteiger partial charge in [-0.25, -0.2) is 0 Å². The lowest BCUT2D eigenvalue weighted by Crippen LogP contribution is -2.30. The quantitative estimate of drug-likeness (QED) is 0.0396. The Balaban J connectivity index is 4.26. The van der Waals surface area contributed by atoms with Gasteiger partial charge in [-0.1, -0.05) is 169 Å². The second-order valence-corrected chi connectivity index (χ2v) is 13.7. The zero-order chi connectivity index (χ0) is 33.2. The largest absolute Gasteiger partial charge is 0.462 e. The summed E-state index contributed by atoms with van der Waals surface area (Å²) in [5.74, 6) is -0.103. The van der Waals surface area contributed by atoms with Gasteiger partial charge in [-0.05, 0) is 25.2 Å². The van der Waals surface area contributed by atoms with Gasteiger partial charge in [-0.3, -0.25) is 14.4 Å². The highest BCUT2D eigenvalue weighted by molar-refractivity contribution is 5.71. The third-order valence-electron chi connectivity index (χ3n) is 8.54. The van der Waals surface area contributed by atoms with Crippen molar-refractivity contribution in [2.24, 2.45) is 5.92 Å². The number of rotatable bonds is 34. The Bertz CT molecular complexity index is 676. The number of carbonyl (C=O) groups is 3. The lowest BCUT2D eigenvalue weighted by molar-refractivity contribution is -0.167. The molecule has 6 heteroatoms. The van der Waals surface area contributed by atoms with Gasteiger partial charge < -0.3 is 14.2 Å². The van der Waals surface area contributed by atoms with Gasteiger partial charge in [0.15, 0.2) is 6.10 Å². The molecule has 0 aromatic rings. The normalized spacial score (nSPS) is 11.9. The zero-order valence-electron chi connectivity index (χ0n) is 30.3. The number of ether oxygens (including phenoxy) is 3. The van der Waals surface area contributed by atoms with Crippen molar-refractivity contribution in [3.05, 3.63) is 0 Å². The first-order chi connectivity index (χ1) is 21.9. The standard InChI is InChI=1S/C39H74O6/c1-5-7-9-11-12-13-14-15-16-19-23-27-31-38(41)44-34-36(33-43-37(40)30-26-21-10-8-6-2)45-39(42)32-28-24-20-17-18-22-25-29-35(3)4/h35-36H,5-34H2,1-4H3/t36-/m0/s1. The monoisotopic (exact) mass is 639 g/mol. The summed E-state index contributed by atoms with van der Waals surface area (Å²) in [5.41, 5.74) is 0. The van der Waals surface area contributed by atoms with Crippen LogP contribution in [0.4, 0.5) is 0 Å². The average Bonchev–Trinajstić information content (AvgIpc) is 3.01. The van der Waals surface area contributed by atoms with Crippen LogP contribution in [0.5, 0.6) is 0 Å². The number of carbonyl (C=O) groups excluding carboxylic acids is 3. The van der Waals surface area contributed by atoms with Crippen LogP contribution < -0.4 is 0 Å². The fraction of sp³-hybridized carbons (Fsp3) is 0.923. The van der Waals surface area contributed by atoms with Gasteiger partial charge in [-0.15, -0.1) is 0 Å². The van der Waals surface area contributed by atoms with Gasteiger partial charge >= 0.3 is 17.9 Å². The highest BCUT2D eigenvalue weighted by Gasteiger charge is 2.19. The van der Waals surface area contributed by atoms with E-state index in [0.29, 0.717) is 19.3 Å². The molecule has 45 heavy (non-hydrogen) atoms. The molecule has 0 heterocycles. The Morgan fingerprint density at radius 1 is 0.422 bits per heavy atom. The minimum atomic E-state index is -0.756. The van der Waals surface area contributed by atoms with E-state index in [0.717, 1.165) is 70.1 Å². The second-order valence-electron chi connectivity index (χ2n) is 13.7. The van der Waals surface area contributed by atoms with E-state index in [1.807, 2.05) is 0 Å². The van der Waals surface area contributed by atoms with Crippen molar-refractivity contribution in [2.45, 2.75) is 214 Å². The van der Waals surface area contributed by atoms with Crippen LogP contribution in [0.1, 0.15) is 207 Å². The van der Waals surface area contributed by atoms with Crippen molar-refractivity contribution in [2.75, 3.05) is 13.2 Å². The molecule has 0 aromatic carbocycles. The zero-order valence-corrected chi connectivity index (χ0v) is 30.3. The molecule has 0 unspecified atom stereocenters. The molecule has 0 radical (unpaired) electrons. The summed E-state index contributed by atoms with van der Waals surface area (Å²) in [6.07, 6.45) is 29.8. The van der Waals surface area contributed by atoms with Crippen molar-refractivity contribution in [3.63, 3.8) is 0 Å². The molecule has 0 bridgehead atoms. The van der Waals surface area contributed by atoms with Crippen molar-refractivity contribution < 1.29 is 28.6 Å². The van der Waals surface area contributed by atoms with E-state index in [-0.39, 0.29) is 31.1 Å². The Morgan fingerprint density at radius 3 is 1.09 bits per heavy atom. The Kier molecular flexibility index (Phi) is 32.6. The summed E-state index contributed by atoms with van der Waals surface area (Å²) in [6.45, 7) is 8.83. The lowest BCUT2D eigenvalue weighted by atomic mass is 10.0. The van der Waals surface area contributed by atoms with E-state index < -0.39 is 6.10 Å². The van der Waals surface area contributed by atoms with Crippen LogP contribution in [-0.2, 0) is 28.6 Å². The Labute approximate surface area is 278 Å². The highest BCUT2D eigenvalue weighted by atomic mass is 16.6. The molecule has 0 N–H and O–H groups in total. The van der Waals surface area contributed by atoms with Crippen LogP contribution in [0.3, 0.4) is 0 Å².